The number of hydrazone groups is 1. The van der Waals surface area contributed by atoms with Gasteiger partial charge in [-0.15, -0.1) is 0 Å². The highest BCUT2D eigenvalue weighted by Gasteiger charge is 2.37. The van der Waals surface area contributed by atoms with Crippen molar-refractivity contribution < 1.29 is 31.5 Å². The van der Waals surface area contributed by atoms with Gasteiger partial charge in [0.25, 0.3) is 5.91 Å². The molecule has 1 aliphatic rings. The van der Waals surface area contributed by atoms with Crippen molar-refractivity contribution in [2.45, 2.75) is 13.5 Å². The molecule has 3 aromatic carbocycles. The van der Waals surface area contributed by atoms with Gasteiger partial charge in [-0.3, -0.25) is 4.79 Å². The summed E-state index contributed by atoms with van der Waals surface area (Å²) in [5, 5.41) is 4.44. The second kappa shape index (κ2) is 9.26. The van der Waals surface area contributed by atoms with Gasteiger partial charge in [0.15, 0.2) is 23.3 Å². The van der Waals surface area contributed by atoms with Crippen LogP contribution in [-0.4, -0.2) is 11.6 Å². The highest BCUT2D eigenvalue weighted by molar-refractivity contribution is 6.32. The van der Waals surface area contributed by atoms with E-state index in [2.05, 4.69) is 5.10 Å². The van der Waals surface area contributed by atoms with Crippen LogP contribution >= 0.6 is 11.6 Å². The van der Waals surface area contributed by atoms with Crippen LogP contribution in [0.4, 0.5) is 27.6 Å². The molecule has 0 saturated carbocycles. The molecule has 4 rings (SSSR count). The maximum Gasteiger partial charge on any atom is 0.280 e. The van der Waals surface area contributed by atoms with Crippen LogP contribution in [0.15, 0.2) is 59.2 Å². The molecule has 0 aliphatic carbocycles. The molecule has 0 radical (unpaired) electrons. The number of nitrogens with zero attached hydrogens (tertiary/aromatic N) is 2. The molecule has 3 aromatic rings. The van der Waals surface area contributed by atoms with Crippen LogP contribution in [0.5, 0.6) is 5.75 Å². The largest absolute Gasteiger partial charge is 0.489 e. The Morgan fingerprint density at radius 1 is 0.941 bits per heavy atom. The molecule has 0 N–H and O–H groups in total. The van der Waals surface area contributed by atoms with Crippen LogP contribution in [0.2, 0.25) is 5.02 Å². The maximum atomic E-state index is 14.2. The van der Waals surface area contributed by atoms with E-state index in [9.17, 15) is 26.7 Å². The smallest absolute Gasteiger partial charge is 0.280 e. The van der Waals surface area contributed by atoms with Gasteiger partial charge >= 0.3 is 0 Å². The molecule has 10 heteroatoms. The molecule has 4 nitrogen and oxygen atoms in total. The molecule has 174 valence electrons. The SMILES string of the molecule is CC1=NN(c2c(F)c(F)c(F)c(F)c2F)C(=O)/C1=C\c1cccc(OCc2cccc(Cl)c2)c1. The molecule has 1 heterocycles. The summed E-state index contributed by atoms with van der Waals surface area (Å²) in [6.07, 6.45) is 1.37. The van der Waals surface area contributed by atoms with E-state index in [4.69, 9.17) is 16.3 Å². The molecule has 0 saturated heterocycles. The number of hydrogen-bond acceptors (Lipinski definition) is 3. The molecule has 0 atom stereocenters. The Balaban J connectivity index is 1.60. The summed E-state index contributed by atoms with van der Waals surface area (Å²) < 4.78 is 74.7. The number of halogens is 6. The van der Waals surface area contributed by atoms with Gasteiger partial charge in [-0.2, -0.15) is 10.1 Å². The Morgan fingerprint density at radius 3 is 2.26 bits per heavy atom. The number of amides is 1. The Labute approximate surface area is 195 Å². The minimum atomic E-state index is -2.32. The molecule has 34 heavy (non-hydrogen) atoms. The zero-order valence-corrected chi connectivity index (χ0v) is 18.1. The predicted octanol–water partition coefficient (Wildman–Crippen LogP) is 6.42. The third-order valence-corrected chi connectivity index (χ3v) is 5.16. The second-order valence-corrected chi connectivity index (χ2v) is 7.71. The first-order valence-corrected chi connectivity index (χ1v) is 10.2. The Morgan fingerprint density at radius 2 is 1.59 bits per heavy atom. The lowest BCUT2D eigenvalue weighted by Crippen LogP contribution is -2.25. The molecule has 1 aliphatic heterocycles. The summed E-state index contributed by atoms with van der Waals surface area (Å²) in [6, 6.07) is 13.7. The Bertz CT molecular complexity index is 1340. The van der Waals surface area contributed by atoms with E-state index in [0.717, 1.165) is 5.56 Å². The average Bonchev–Trinajstić information content (AvgIpc) is 3.09. The van der Waals surface area contributed by atoms with Gasteiger partial charge in [0, 0.05) is 5.02 Å². The number of anilines is 1. The van der Waals surface area contributed by atoms with E-state index in [0.29, 0.717) is 16.3 Å². The van der Waals surface area contributed by atoms with E-state index in [-0.39, 0.29) is 22.9 Å². The highest BCUT2D eigenvalue weighted by Crippen LogP contribution is 2.34. The van der Waals surface area contributed by atoms with Crippen molar-refractivity contribution in [2.24, 2.45) is 5.10 Å². The van der Waals surface area contributed by atoms with Gasteiger partial charge in [-0.1, -0.05) is 35.9 Å². The fourth-order valence-corrected chi connectivity index (χ4v) is 3.48. The summed E-state index contributed by atoms with van der Waals surface area (Å²) in [6.45, 7) is 1.60. The topological polar surface area (TPSA) is 41.9 Å². The molecule has 0 unspecified atom stereocenters. The number of carbonyl (C=O) groups excluding carboxylic acids is 1. The van der Waals surface area contributed by atoms with Crippen LogP contribution in [0.1, 0.15) is 18.1 Å². The zero-order valence-electron chi connectivity index (χ0n) is 17.4. The van der Waals surface area contributed by atoms with Crippen LogP contribution < -0.4 is 9.75 Å². The normalized spacial score (nSPS) is 14.7. The molecule has 0 aromatic heterocycles. The van der Waals surface area contributed by atoms with E-state index in [1.807, 2.05) is 6.07 Å². The quantitative estimate of drug-likeness (QED) is 0.178. The first-order valence-electron chi connectivity index (χ1n) is 9.78. The van der Waals surface area contributed by atoms with Gasteiger partial charge in [-0.25, -0.2) is 22.0 Å². The van der Waals surface area contributed by atoms with Crippen LogP contribution in [0.3, 0.4) is 0 Å². The van der Waals surface area contributed by atoms with Crippen LogP contribution in [-0.2, 0) is 11.4 Å². The summed E-state index contributed by atoms with van der Waals surface area (Å²) in [5.74, 6) is -11.6. The molecule has 0 spiro atoms. The Hall–Kier alpha value is -3.72. The highest BCUT2D eigenvalue weighted by atomic mass is 35.5. The van der Waals surface area contributed by atoms with E-state index in [1.165, 1.54) is 13.0 Å². The van der Waals surface area contributed by atoms with Crippen LogP contribution in [0, 0.1) is 29.1 Å². The number of hydrogen-bond donors (Lipinski definition) is 0. The third kappa shape index (κ3) is 4.38. The molecular formula is C24H14ClF5N2O2. The van der Waals surface area contributed by atoms with Crippen molar-refractivity contribution in [1.82, 2.24) is 0 Å². The molecule has 0 bridgehead atoms. The predicted molar refractivity (Wildman–Crippen MR) is 117 cm³/mol. The van der Waals surface area contributed by atoms with Crippen molar-refractivity contribution >= 4 is 35.0 Å². The van der Waals surface area contributed by atoms with Gasteiger partial charge < -0.3 is 4.74 Å². The number of benzene rings is 3. The third-order valence-electron chi connectivity index (χ3n) is 4.92. The van der Waals surface area contributed by atoms with Gasteiger partial charge in [0.05, 0.1) is 11.3 Å². The maximum absolute atomic E-state index is 14.2. The van der Waals surface area contributed by atoms with E-state index in [1.54, 1.807) is 42.5 Å². The van der Waals surface area contributed by atoms with Crippen molar-refractivity contribution in [3.8, 4) is 5.75 Å². The number of carbonyl (C=O) groups is 1. The monoisotopic (exact) mass is 492 g/mol. The first kappa shape index (κ1) is 23.4. The molecule has 1 amide bonds. The van der Waals surface area contributed by atoms with Gasteiger partial charge in [0.2, 0.25) is 5.82 Å². The fraction of sp³-hybridized carbons (Fsp3) is 0.0833. The van der Waals surface area contributed by atoms with Crippen molar-refractivity contribution in [3.05, 3.63) is 99.3 Å². The summed E-state index contributed by atoms with van der Waals surface area (Å²) in [7, 11) is 0. The lowest BCUT2D eigenvalue weighted by Gasteiger charge is -2.15. The fourth-order valence-electron chi connectivity index (χ4n) is 3.27. The second-order valence-electron chi connectivity index (χ2n) is 7.27. The average molecular weight is 493 g/mol. The standard InChI is InChI=1S/C24H14ClF5N2O2/c1-12-17(24(33)32(31-12)23-21(29)19(27)18(26)20(28)22(23)30)10-13-4-3-7-16(9-13)34-11-14-5-2-6-15(25)8-14/h2-10H,11H2,1H3/b17-10-. The molecule has 0 fully saturated rings. The minimum absolute atomic E-state index is 0.0270. The lowest BCUT2D eigenvalue weighted by molar-refractivity contribution is -0.114. The first-order chi connectivity index (χ1) is 16.2. The van der Waals surface area contributed by atoms with E-state index >= 15 is 0 Å². The minimum Gasteiger partial charge on any atom is -0.489 e. The summed E-state index contributed by atoms with van der Waals surface area (Å²) in [5.41, 5.74) is -0.178. The zero-order chi connectivity index (χ0) is 24.6. The number of rotatable bonds is 5. The Kier molecular flexibility index (Phi) is 6.39. The van der Waals surface area contributed by atoms with Crippen molar-refractivity contribution in [1.29, 1.82) is 0 Å². The van der Waals surface area contributed by atoms with Crippen LogP contribution in [0.25, 0.3) is 6.08 Å². The number of ether oxygens (including phenoxy) is 1. The summed E-state index contributed by atoms with van der Waals surface area (Å²) >= 11 is 5.96. The van der Waals surface area contributed by atoms with E-state index < -0.39 is 40.7 Å². The van der Waals surface area contributed by atoms with Crippen molar-refractivity contribution in [2.75, 3.05) is 5.01 Å². The molecular weight excluding hydrogens is 479 g/mol. The lowest BCUT2D eigenvalue weighted by atomic mass is 10.1. The van der Waals surface area contributed by atoms with Gasteiger partial charge in [0.1, 0.15) is 18.0 Å². The van der Waals surface area contributed by atoms with Gasteiger partial charge in [-0.05, 0) is 48.4 Å². The van der Waals surface area contributed by atoms with Crippen molar-refractivity contribution in [3.63, 3.8) is 0 Å². The summed E-state index contributed by atoms with van der Waals surface area (Å²) in [4.78, 5) is 12.8.